The van der Waals surface area contributed by atoms with Crippen LogP contribution in [-0.2, 0) is 9.47 Å². The monoisotopic (exact) mass is 256 g/mol. The van der Waals surface area contributed by atoms with Crippen LogP contribution in [0.25, 0.3) is 0 Å². The number of hydrogen-bond acceptors (Lipinski definition) is 7. The zero-order chi connectivity index (χ0) is 11.4. The van der Waals surface area contributed by atoms with Crippen molar-refractivity contribution >= 4 is 25.3 Å². The number of hydrogen-bond donors (Lipinski definition) is 5. The van der Waals surface area contributed by atoms with Gasteiger partial charge >= 0.3 is 0 Å². The van der Waals surface area contributed by atoms with Gasteiger partial charge in [0.2, 0.25) is 0 Å². The summed E-state index contributed by atoms with van der Waals surface area (Å²) in [6.45, 7) is 0.299. The van der Waals surface area contributed by atoms with Crippen molar-refractivity contribution in [2.24, 2.45) is 0 Å². The van der Waals surface area contributed by atoms with Gasteiger partial charge in [0.25, 0.3) is 0 Å². The molecule has 0 aromatic heterocycles. The van der Waals surface area contributed by atoms with Crippen LogP contribution in [0.4, 0.5) is 0 Å². The van der Waals surface area contributed by atoms with Gasteiger partial charge < -0.3 is 24.8 Å². The summed E-state index contributed by atoms with van der Waals surface area (Å²) in [6, 6.07) is 0. The van der Waals surface area contributed by atoms with Crippen LogP contribution in [0.2, 0.25) is 0 Å². The molecular weight excluding hydrogens is 240 g/mol. The van der Waals surface area contributed by atoms with Gasteiger partial charge in [-0.2, -0.15) is 25.3 Å². The molecule has 0 saturated carbocycles. The number of aliphatic hydroxyl groups is 3. The Bertz CT molecular complexity index is 192. The molecule has 0 aromatic carbocycles. The topological polar surface area (TPSA) is 79.2 Å². The van der Waals surface area contributed by atoms with Gasteiger partial charge in [-0.15, -0.1) is 0 Å². The van der Waals surface area contributed by atoms with Crippen molar-refractivity contribution in [2.75, 3.05) is 18.1 Å². The number of rotatable bonds is 4. The Balaban J connectivity index is 2.57. The molecule has 0 spiro atoms. The van der Waals surface area contributed by atoms with Crippen molar-refractivity contribution in [1.29, 1.82) is 0 Å². The minimum Gasteiger partial charge on any atom is -0.388 e. The van der Waals surface area contributed by atoms with Crippen LogP contribution in [0.1, 0.15) is 0 Å². The third-order valence-corrected chi connectivity index (χ3v) is 2.76. The summed E-state index contributed by atoms with van der Waals surface area (Å²) in [7, 11) is 0. The van der Waals surface area contributed by atoms with Crippen molar-refractivity contribution in [3.8, 4) is 0 Å². The molecule has 1 aliphatic rings. The maximum absolute atomic E-state index is 9.54. The smallest absolute Gasteiger partial charge is 0.186 e. The third-order valence-electron chi connectivity index (χ3n) is 2.22. The minimum atomic E-state index is -1.28. The Morgan fingerprint density at radius 2 is 1.73 bits per heavy atom. The molecule has 1 fully saturated rings. The first-order valence-corrected chi connectivity index (χ1v) is 5.91. The van der Waals surface area contributed by atoms with E-state index in [1.807, 2.05) is 0 Å². The lowest BCUT2D eigenvalue weighted by Crippen LogP contribution is -2.58. The molecule has 0 bridgehead atoms. The van der Waals surface area contributed by atoms with E-state index >= 15 is 0 Å². The largest absolute Gasteiger partial charge is 0.388 e. The molecule has 0 aromatic rings. The van der Waals surface area contributed by atoms with Crippen molar-refractivity contribution in [3.63, 3.8) is 0 Å². The standard InChI is InChI=1S/C8H16O5S2/c9-5-4(3-15)13-8(12-1-2-14)7(11)6(5)10/h4-11,14-15H,1-3H2/t4?,5-,6-,7?,8-/m0/s1. The molecular formula is C8H16O5S2. The van der Waals surface area contributed by atoms with Gasteiger partial charge in [0, 0.05) is 11.5 Å². The third kappa shape index (κ3) is 3.23. The highest BCUT2D eigenvalue weighted by Crippen LogP contribution is 2.22. The maximum Gasteiger partial charge on any atom is 0.186 e. The quantitative estimate of drug-likeness (QED) is 0.403. The summed E-state index contributed by atoms with van der Waals surface area (Å²) >= 11 is 7.92. The van der Waals surface area contributed by atoms with Crippen LogP contribution in [0.3, 0.4) is 0 Å². The molecule has 1 rings (SSSR count). The average molecular weight is 256 g/mol. The van der Waals surface area contributed by atoms with E-state index < -0.39 is 30.7 Å². The summed E-state index contributed by atoms with van der Waals surface area (Å²) in [6.07, 6.45) is -5.26. The lowest BCUT2D eigenvalue weighted by Gasteiger charge is -2.39. The highest BCUT2D eigenvalue weighted by atomic mass is 32.1. The van der Waals surface area contributed by atoms with Crippen LogP contribution in [-0.4, -0.2) is 64.1 Å². The van der Waals surface area contributed by atoms with Crippen molar-refractivity contribution in [1.82, 2.24) is 0 Å². The Labute approximate surface area is 99.2 Å². The second-order valence-electron chi connectivity index (χ2n) is 3.29. The number of ether oxygens (including phenoxy) is 2. The fourth-order valence-corrected chi connectivity index (χ4v) is 1.78. The average Bonchev–Trinajstić information content (AvgIpc) is 2.25. The van der Waals surface area contributed by atoms with Gasteiger partial charge in [0.15, 0.2) is 6.29 Å². The predicted molar refractivity (Wildman–Crippen MR) is 60.3 cm³/mol. The normalized spacial score (nSPS) is 41.8. The SMILES string of the molecule is OC1[C@@H](OCCS)OC(CS)[C@H](O)[C@@H]1O. The lowest BCUT2D eigenvalue weighted by molar-refractivity contribution is -0.290. The van der Waals surface area contributed by atoms with Crippen molar-refractivity contribution in [3.05, 3.63) is 0 Å². The minimum absolute atomic E-state index is 0.242. The first kappa shape index (κ1) is 13.6. The molecule has 1 saturated heterocycles. The van der Waals surface area contributed by atoms with Crippen LogP contribution in [0, 0.1) is 0 Å². The summed E-state index contributed by atoms with van der Waals surface area (Å²) in [5.41, 5.74) is 0. The number of thiol groups is 2. The molecule has 1 heterocycles. The Morgan fingerprint density at radius 3 is 2.27 bits per heavy atom. The molecule has 0 radical (unpaired) electrons. The van der Waals surface area contributed by atoms with E-state index in [2.05, 4.69) is 25.3 Å². The first-order valence-electron chi connectivity index (χ1n) is 4.64. The second-order valence-corrected chi connectivity index (χ2v) is 4.10. The van der Waals surface area contributed by atoms with E-state index in [1.54, 1.807) is 0 Å². The molecule has 1 aliphatic heterocycles. The zero-order valence-electron chi connectivity index (χ0n) is 8.06. The predicted octanol–water partition coefficient (Wildman–Crippen LogP) is -1.33. The second kappa shape index (κ2) is 6.29. The zero-order valence-corrected chi connectivity index (χ0v) is 9.85. The summed E-state index contributed by atoms with van der Waals surface area (Å²) in [5, 5.41) is 28.5. The van der Waals surface area contributed by atoms with E-state index in [0.29, 0.717) is 12.4 Å². The van der Waals surface area contributed by atoms with Gasteiger partial charge in [0.05, 0.1) is 12.7 Å². The maximum atomic E-state index is 9.54. The highest BCUT2D eigenvalue weighted by Gasteiger charge is 2.43. The lowest BCUT2D eigenvalue weighted by atomic mass is 10.00. The van der Waals surface area contributed by atoms with E-state index in [0.717, 1.165) is 0 Å². The van der Waals surface area contributed by atoms with Gasteiger partial charge in [-0.05, 0) is 0 Å². The van der Waals surface area contributed by atoms with Crippen LogP contribution in [0.15, 0.2) is 0 Å². The van der Waals surface area contributed by atoms with Crippen molar-refractivity contribution < 1.29 is 24.8 Å². The fourth-order valence-electron chi connectivity index (χ4n) is 1.37. The first-order chi connectivity index (χ1) is 7.11. The van der Waals surface area contributed by atoms with Crippen LogP contribution < -0.4 is 0 Å². The molecule has 0 aliphatic carbocycles. The van der Waals surface area contributed by atoms with Crippen LogP contribution in [0.5, 0.6) is 0 Å². The Hall–Kier alpha value is 0.500. The fraction of sp³-hybridized carbons (Fsp3) is 1.00. The molecule has 15 heavy (non-hydrogen) atoms. The van der Waals surface area contributed by atoms with E-state index in [4.69, 9.17) is 9.47 Å². The summed E-state index contributed by atoms with van der Waals surface area (Å²) < 4.78 is 10.4. The molecule has 7 heteroatoms. The highest BCUT2D eigenvalue weighted by molar-refractivity contribution is 7.80. The molecule has 5 atom stereocenters. The Morgan fingerprint density at radius 1 is 1.07 bits per heavy atom. The van der Waals surface area contributed by atoms with Gasteiger partial charge in [0.1, 0.15) is 18.3 Å². The molecule has 90 valence electrons. The van der Waals surface area contributed by atoms with Gasteiger partial charge in [-0.3, -0.25) is 0 Å². The number of aliphatic hydroxyl groups excluding tert-OH is 3. The van der Waals surface area contributed by atoms with E-state index in [1.165, 1.54) is 0 Å². The van der Waals surface area contributed by atoms with Gasteiger partial charge in [-0.25, -0.2) is 0 Å². The molecule has 3 N–H and O–H groups in total. The van der Waals surface area contributed by atoms with Gasteiger partial charge in [-0.1, -0.05) is 0 Å². The molecule has 2 unspecified atom stereocenters. The Kier molecular flexibility index (Phi) is 5.69. The van der Waals surface area contributed by atoms with Crippen LogP contribution >= 0.6 is 25.3 Å². The van der Waals surface area contributed by atoms with Crippen molar-refractivity contribution in [2.45, 2.75) is 30.7 Å². The molecule has 5 nitrogen and oxygen atoms in total. The summed E-state index contributed by atoms with van der Waals surface area (Å²) in [4.78, 5) is 0. The molecule has 0 amide bonds. The summed E-state index contributed by atoms with van der Waals surface area (Å²) in [5.74, 6) is 0.725. The van der Waals surface area contributed by atoms with E-state index in [-0.39, 0.29) is 5.75 Å². The van der Waals surface area contributed by atoms with E-state index in [9.17, 15) is 15.3 Å².